The first-order valence-electron chi connectivity index (χ1n) is 8.66. The molecule has 0 bridgehead atoms. The van der Waals surface area contributed by atoms with E-state index in [-0.39, 0.29) is 0 Å². The van der Waals surface area contributed by atoms with Crippen molar-refractivity contribution in [3.05, 3.63) is 0 Å². The van der Waals surface area contributed by atoms with Gasteiger partial charge < -0.3 is 11.1 Å². The van der Waals surface area contributed by atoms with Crippen LogP contribution in [0.4, 0.5) is 0 Å². The van der Waals surface area contributed by atoms with Crippen LogP contribution in [-0.4, -0.2) is 19.6 Å². The van der Waals surface area contributed by atoms with Crippen molar-refractivity contribution < 1.29 is 0 Å². The van der Waals surface area contributed by atoms with Gasteiger partial charge in [-0.05, 0) is 13.0 Å². The molecule has 4 heteroatoms. The lowest BCUT2D eigenvalue weighted by Gasteiger charge is -2.04. The van der Waals surface area contributed by atoms with E-state index in [1.807, 2.05) is 0 Å². The summed E-state index contributed by atoms with van der Waals surface area (Å²) in [6.07, 6.45) is 17.1. The molecule has 0 rings (SSSR count). The third kappa shape index (κ3) is 23.0. The molecular weight excluding hydrogens is 248 g/mol. The highest BCUT2D eigenvalue weighted by atomic mass is 15.0. The molecule has 7 N–H and O–H groups in total. The number of rotatable bonds is 15. The number of hydrogen-bond donors (Lipinski definition) is 4. The average Bonchev–Trinajstić information content (AvgIpc) is 2.50. The van der Waals surface area contributed by atoms with Crippen LogP contribution in [0.3, 0.4) is 0 Å². The van der Waals surface area contributed by atoms with E-state index in [9.17, 15) is 0 Å². The molecule has 0 amide bonds. The molecule has 4 nitrogen and oxygen atoms in total. The van der Waals surface area contributed by atoms with Gasteiger partial charge in [0.2, 0.25) is 0 Å². The van der Waals surface area contributed by atoms with Gasteiger partial charge in [-0.15, -0.1) is 0 Å². The van der Waals surface area contributed by atoms with Gasteiger partial charge in [0.25, 0.3) is 0 Å². The Kier molecular flexibility index (Phi) is 26.4. The number of nitrogens with one attached hydrogen (secondary N) is 1. The number of unbranched alkanes of at least 4 members (excludes halogenated alkanes) is 11. The van der Waals surface area contributed by atoms with Crippen LogP contribution < -0.4 is 22.7 Å². The summed E-state index contributed by atoms with van der Waals surface area (Å²) in [6.45, 7) is 5.16. The smallest absolute Gasteiger partial charge is 0.00745 e. The van der Waals surface area contributed by atoms with Crippen LogP contribution in [-0.2, 0) is 0 Å². The maximum Gasteiger partial charge on any atom is 0.00745 e. The average molecular weight is 289 g/mol. The van der Waals surface area contributed by atoms with Gasteiger partial charge in [-0.1, -0.05) is 77.6 Å². The molecule has 0 fully saturated rings. The summed E-state index contributed by atoms with van der Waals surface area (Å²) < 4.78 is 0. The third-order valence-corrected chi connectivity index (χ3v) is 3.53. The lowest BCUT2D eigenvalue weighted by molar-refractivity contribution is 0.536. The summed E-state index contributed by atoms with van der Waals surface area (Å²) in [5, 5.41) is 3.35. The van der Waals surface area contributed by atoms with E-state index < -0.39 is 0 Å². The zero-order valence-corrected chi connectivity index (χ0v) is 13.8. The van der Waals surface area contributed by atoms with Crippen LogP contribution in [0.5, 0.6) is 0 Å². The van der Waals surface area contributed by atoms with Gasteiger partial charge in [0, 0.05) is 13.1 Å². The standard InChI is InChI=1S/C16H36N2.H4N2/c1-2-3-4-5-6-7-8-9-10-11-12-13-15-18-16-14-17;1-2/h18H,2-17H2,1H3;1-2H2. The van der Waals surface area contributed by atoms with E-state index in [4.69, 9.17) is 5.73 Å². The van der Waals surface area contributed by atoms with Crippen LogP contribution in [0.2, 0.25) is 0 Å². The maximum atomic E-state index is 5.41. The highest BCUT2D eigenvalue weighted by molar-refractivity contribution is 4.51. The fourth-order valence-electron chi connectivity index (χ4n) is 2.32. The molecule has 0 aliphatic carbocycles. The Labute approximate surface area is 127 Å². The molecule has 0 aliphatic rings. The van der Waals surface area contributed by atoms with Gasteiger partial charge in [0.15, 0.2) is 0 Å². The highest BCUT2D eigenvalue weighted by Gasteiger charge is 1.93. The Bertz CT molecular complexity index is 126. The van der Waals surface area contributed by atoms with Crippen LogP contribution >= 0.6 is 0 Å². The molecule has 0 unspecified atom stereocenters. The second-order valence-corrected chi connectivity index (χ2v) is 5.43. The van der Waals surface area contributed by atoms with E-state index in [1.54, 1.807) is 0 Å². The zero-order valence-electron chi connectivity index (χ0n) is 13.8. The van der Waals surface area contributed by atoms with Crippen LogP contribution in [0.15, 0.2) is 0 Å². The molecule has 0 heterocycles. The van der Waals surface area contributed by atoms with Gasteiger partial charge in [-0.25, -0.2) is 0 Å². The fourth-order valence-corrected chi connectivity index (χ4v) is 2.32. The molecule has 0 spiro atoms. The van der Waals surface area contributed by atoms with Crippen molar-refractivity contribution in [1.29, 1.82) is 0 Å². The van der Waals surface area contributed by atoms with Gasteiger partial charge in [-0.3, -0.25) is 11.7 Å². The van der Waals surface area contributed by atoms with Crippen molar-refractivity contribution in [2.45, 2.75) is 84.0 Å². The minimum absolute atomic E-state index is 0.762. The number of hydrazine groups is 1. The van der Waals surface area contributed by atoms with E-state index in [2.05, 4.69) is 23.9 Å². The topological polar surface area (TPSA) is 90.1 Å². The summed E-state index contributed by atoms with van der Waals surface area (Å²) in [5.41, 5.74) is 5.41. The first-order valence-corrected chi connectivity index (χ1v) is 8.66. The monoisotopic (exact) mass is 288 g/mol. The van der Waals surface area contributed by atoms with Crippen molar-refractivity contribution in [1.82, 2.24) is 5.32 Å². The van der Waals surface area contributed by atoms with E-state index in [0.29, 0.717) is 0 Å². The lowest BCUT2D eigenvalue weighted by Crippen LogP contribution is -2.23. The van der Waals surface area contributed by atoms with Gasteiger partial charge in [-0.2, -0.15) is 0 Å². The van der Waals surface area contributed by atoms with Gasteiger partial charge in [0.05, 0.1) is 0 Å². The molecular formula is C16H40N4. The first kappa shape index (κ1) is 22.1. The zero-order chi connectivity index (χ0) is 15.3. The summed E-state index contributed by atoms with van der Waals surface area (Å²) in [6, 6.07) is 0. The van der Waals surface area contributed by atoms with E-state index >= 15 is 0 Å². The van der Waals surface area contributed by atoms with Crippen molar-refractivity contribution in [2.24, 2.45) is 17.4 Å². The normalized spacial score (nSPS) is 10.2. The largest absolute Gasteiger partial charge is 0.329 e. The fraction of sp³-hybridized carbons (Fsp3) is 1.00. The van der Waals surface area contributed by atoms with Crippen LogP contribution in [0.25, 0.3) is 0 Å². The van der Waals surface area contributed by atoms with Crippen LogP contribution in [0.1, 0.15) is 84.0 Å². The molecule has 0 aromatic heterocycles. The summed E-state index contributed by atoms with van der Waals surface area (Å²) in [4.78, 5) is 0. The van der Waals surface area contributed by atoms with Crippen molar-refractivity contribution >= 4 is 0 Å². The molecule has 0 atom stereocenters. The SMILES string of the molecule is CCCCCCCCCCCCCCNCCN.NN. The maximum absolute atomic E-state index is 5.41. The Balaban J connectivity index is 0. The molecule has 20 heavy (non-hydrogen) atoms. The quantitative estimate of drug-likeness (QED) is 0.212. The van der Waals surface area contributed by atoms with Crippen LogP contribution in [0, 0.1) is 0 Å². The Morgan fingerprint density at radius 3 is 1.40 bits per heavy atom. The Hall–Kier alpha value is -0.160. The summed E-state index contributed by atoms with van der Waals surface area (Å²) in [7, 11) is 0. The molecule has 0 radical (unpaired) electrons. The second-order valence-electron chi connectivity index (χ2n) is 5.43. The molecule has 0 aromatic rings. The molecule has 0 aliphatic heterocycles. The highest BCUT2D eigenvalue weighted by Crippen LogP contribution is 2.11. The van der Waals surface area contributed by atoms with E-state index in [1.165, 1.54) is 77.0 Å². The van der Waals surface area contributed by atoms with Gasteiger partial charge >= 0.3 is 0 Å². The predicted octanol–water partition coefficient (Wildman–Crippen LogP) is 3.05. The van der Waals surface area contributed by atoms with E-state index in [0.717, 1.165) is 19.6 Å². The number of hydrogen-bond acceptors (Lipinski definition) is 4. The second kappa shape index (κ2) is 23.9. The Morgan fingerprint density at radius 2 is 1.00 bits per heavy atom. The molecule has 0 saturated heterocycles. The van der Waals surface area contributed by atoms with Crippen molar-refractivity contribution in [3.63, 3.8) is 0 Å². The van der Waals surface area contributed by atoms with Crippen molar-refractivity contribution in [2.75, 3.05) is 19.6 Å². The summed E-state index contributed by atoms with van der Waals surface area (Å²) >= 11 is 0. The van der Waals surface area contributed by atoms with Gasteiger partial charge in [0.1, 0.15) is 0 Å². The van der Waals surface area contributed by atoms with Crippen molar-refractivity contribution in [3.8, 4) is 0 Å². The number of nitrogens with two attached hydrogens (primary N) is 3. The lowest BCUT2D eigenvalue weighted by atomic mass is 10.1. The summed E-state index contributed by atoms with van der Waals surface area (Å²) in [5.74, 6) is 8.00. The Morgan fingerprint density at radius 1 is 0.600 bits per heavy atom. The molecule has 0 aromatic carbocycles. The minimum atomic E-state index is 0.762. The molecule has 0 saturated carbocycles. The minimum Gasteiger partial charge on any atom is -0.329 e. The third-order valence-electron chi connectivity index (χ3n) is 3.53. The molecule has 124 valence electrons. The predicted molar refractivity (Wildman–Crippen MR) is 91.4 cm³/mol. The first-order chi connectivity index (χ1) is 9.91.